The van der Waals surface area contributed by atoms with E-state index in [9.17, 15) is 4.39 Å². The summed E-state index contributed by atoms with van der Waals surface area (Å²) in [5.41, 5.74) is 1.45. The van der Waals surface area contributed by atoms with Crippen molar-refractivity contribution in [2.45, 2.75) is 25.3 Å². The molecule has 0 amide bonds. The third-order valence-corrected chi connectivity index (χ3v) is 5.23. The summed E-state index contributed by atoms with van der Waals surface area (Å²) >= 11 is 0. The predicted molar refractivity (Wildman–Crippen MR) is 99.4 cm³/mol. The molecule has 2 aromatic heterocycles. The Morgan fingerprint density at radius 1 is 1.42 bits per heavy atom. The molecule has 1 atom stereocenters. The third kappa shape index (κ3) is 2.97. The van der Waals surface area contributed by atoms with Gasteiger partial charge in [0.1, 0.15) is 23.6 Å². The first-order valence-electron chi connectivity index (χ1n) is 8.91. The van der Waals surface area contributed by atoms with Crippen LogP contribution in [0.5, 0.6) is 0 Å². The number of aromatic amines is 1. The normalized spacial score (nSPS) is 18.3. The molecular weight excluding hydrogens is 331 g/mol. The quantitative estimate of drug-likeness (QED) is 0.781. The number of hydrogen-bond acceptors (Lipinski definition) is 5. The number of benzene rings is 1. The summed E-state index contributed by atoms with van der Waals surface area (Å²) in [5.74, 6) is 0.590. The van der Waals surface area contributed by atoms with E-state index in [2.05, 4.69) is 37.9 Å². The first kappa shape index (κ1) is 16.7. The Bertz CT molecular complexity index is 975. The Balaban J connectivity index is 1.69. The molecule has 4 rings (SSSR count). The average Bonchev–Trinajstić information content (AvgIpc) is 3.03. The number of halogens is 1. The fraction of sp³-hybridized carbons (Fsp3) is 0.421. The van der Waals surface area contributed by atoms with Gasteiger partial charge in [-0.3, -0.25) is 0 Å². The Labute approximate surface area is 151 Å². The number of rotatable bonds is 4. The number of nitrogens with one attached hydrogen (secondary N) is 1. The van der Waals surface area contributed by atoms with Gasteiger partial charge in [-0.15, -0.1) is 0 Å². The van der Waals surface area contributed by atoms with Crippen LogP contribution in [0.25, 0.3) is 21.9 Å². The van der Waals surface area contributed by atoms with Gasteiger partial charge in [-0.1, -0.05) is 0 Å². The van der Waals surface area contributed by atoms with Crippen LogP contribution < -0.4 is 4.90 Å². The molecule has 26 heavy (non-hydrogen) atoms. The summed E-state index contributed by atoms with van der Waals surface area (Å²) in [4.78, 5) is 16.6. The van der Waals surface area contributed by atoms with Crippen LogP contribution >= 0.6 is 0 Å². The van der Waals surface area contributed by atoms with Gasteiger partial charge in [0.2, 0.25) is 0 Å². The number of aromatic nitrogens is 3. The fourth-order valence-electron chi connectivity index (χ4n) is 3.88. The molecule has 3 aromatic rings. The highest BCUT2D eigenvalue weighted by molar-refractivity contribution is 6.11. The van der Waals surface area contributed by atoms with Crippen LogP contribution in [0.2, 0.25) is 0 Å². The third-order valence-electron chi connectivity index (χ3n) is 5.23. The minimum absolute atomic E-state index is 0.271. The van der Waals surface area contributed by atoms with Crippen molar-refractivity contribution in [3.63, 3.8) is 0 Å². The molecular formula is C19H21FN6. The van der Waals surface area contributed by atoms with Crippen LogP contribution in [0.1, 0.15) is 19.3 Å². The van der Waals surface area contributed by atoms with Crippen molar-refractivity contribution in [2.24, 2.45) is 0 Å². The van der Waals surface area contributed by atoms with E-state index in [4.69, 9.17) is 5.26 Å². The van der Waals surface area contributed by atoms with Crippen LogP contribution in [0.4, 0.5) is 10.2 Å². The van der Waals surface area contributed by atoms with E-state index in [1.54, 1.807) is 12.4 Å². The second-order valence-electron chi connectivity index (χ2n) is 6.85. The van der Waals surface area contributed by atoms with Gasteiger partial charge >= 0.3 is 0 Å². The smallest absolute Gasteiger partial charge is 0.143 e. The second kappa shape index (κ2) is 6.89. The molecule has 0 aliphatic carbocycles. The molecule has 0 bridgehead atoms. The van der Waals surface area contributed by atoms with Crippen molar-refractivity contribution >= 4 is 27.8 Å². The highest BCUT2D eigenvalue weighted by Gasteiger charge is 2.26. The maximum Gasteiger partial charge on any atom is 0.143 e. The average molecular weight is 352 g/mol. The second-order valence-corrected chi connectivity index (χ2v) is 6.85. The standard InChI is InChI=1S/C19H21FN6/c1-25(14-4-2-8-26(11-14)9-3-7-21)19-17-15-6-5-13(20)10-16(15)24-18(17)22-12-23-19/h5-6,10,12,14H,2-4,8-9,11H2,1H3,(H,22,23,24). The minimum atomic E-state index is -0.271. The van der Waals surface area contributed by atoms with Crippen LogP contribution in [0.15, 0.2) is 24.5 Å². The predicted octanol–water partition coefficient (Wildman–Crippen LogP) is 3.06. The van der Waals surface area contributed by atoms with Crippen molar-refractivity contribution < 1.29 is 4.39 Å². The van der Waals surface area contributed by atoms with Gasteiger partial charge in [-0.2, -0.15) is 5.26 Å². The number of fused-ring (bicyclic) bond motifs is 3. The van der Waals surface area contributed by atoms with Crippen LogP contribution in [-0.2, 0) is 0 Å². The zero-order valence-electron chi connectivity index (χ0n) is 14.7. The number of anilines is 1. The van der Waals surface area contributed by atoms with Crippen molar-refractivity contribution in [1.29, 1.82) is 5.26 Å². The van der Waals surface area contributed by atoms with E-state index < -0.39 is 0 Å². The molecule has 7 heteroatoms. The molecule has 0 spiro atoms. The number of nitrogens with zero attached hydrogens (tertiary/aromatic N) is 5. The maximum atomic E-state index is 13.6. The van der Waals surface area contributed by atoms with Gasteiger partial charge < -0.3 is 14.8 Å². The number of hydrogen-bond donors (Lipinski definition) is 1. The Hall–Kier alpha value is -2.72. The lowest BCUT2D eigenvalue weighted by Gasteiger charge is -2.38. The highest BCUT2D eigenvalue weighted by Crippen LogP contribution is 2.32. The van der Waals surface area contributed by atoms with E-state index in [0.717, 1.165) is 60.2 Å². The molecule has 134 valence electrons. The molecule has 3 heterocycles. The number of H-pyrrole nitrogens is 1. The SMILES string of the molecule is CN(c1ncnc2[nH]c3cc(F)ccc3c12)C1CCCN(CCC#N)C1. The molecule has 1 aliphatic rings. The molecule has 1 saturated heterocycles. The molecule has 1 unspecified atom stereocenters. The molecule has 6 nitrogen and oxygen atoms in total. The Morgan fingerprint density at radius 3 is 3.15 bits per heavy atom. The van der Waals surface area contributed by atoms with Gasteiger partial charge in [-0.05, 0) is 37.6 Å². The van der Waals surface area contributed by atoms with E-state index >= 15 is 0 Å². The summed E-state index contributed by atoms with van der Waals surface area (Å²) < 4.78 is 13.6. The summed E-state index contributed by atoms with van der Waals surface area (Å²) in [6, 6.07) is 7.29. The largest absolute Gasteiger partial charge is 0.355 e. The summed E-state index contributed by atoms with van der Waals surface area (Å²) in [5, 5.41) is 10.7. The van der Waals surface area contributed by atoms with Gasteiger partial charge in [0.15, 0.2) is 0 Å². The summed E-state index contributed by atoms with van der Waals surface area (Å²) in [6.07, 6.45) is 4.30. The van der Waals surface area contributed by atoms with Gasteiger partial charge in [0.05, 0.1) is 17.0 Å². The van der Waals surface area contributed by atoms with Crippen molar-refractivity contribution in [1.82, 2.24) is 19.9 Å². The first-order chi connectivity index (χ1) is 12.7. The maximum absolute atomic E-state index is 13.6. The number of piperidine rings is 1. The van der Waals surface area contributed by atoms with Gasteiger partial charge in [0, 0.05) is 38.0 Å². The molecule has 0 radical (unpaired) electrons. The molecule has 1 aromatic carbocycles. The number of likely N-dealkylation sites (tertiary alicyclic amines) is 1. The molecule has 1 N–H and O–H groups in total. The molecule has 0 saturated carbocycles. The zero-order chi connectivity index (χ0) is 18.1. The minimum Gasteiger partial charge on any atom is -0.355 e. The van der Waals surface area contributed by atoms with Gasteiger partial charge in [0.25, 0.3) is 0 Å². The fourth-order valence-corrected chi connectivity index (χ4v) is 3.88. The van der Waals surface area contributed by atoms with Crippen LogP contribution in [0, 0.1) is 17.1 Å². The van der Waals surface area contributed by atoms with Crippen molar-refractivity contribution in [2.75, 3.05) is 31.6 Å². The summed E-state index contributed by atoms with van der Waals surface area (Å²) in [7, 11) is 2.06. The Morgan fingerprint density at radius 2 is 2.31 bits per heavy atom. The lowest BCUT2D eigenvalue weighted by molar-refractivity contribution is 0.210. The lowest BCUT2D eigenvalue weighted by atomic mass is 10.0. The van der Waals surface area contributed by atoms with E-state index in [0.29, 0.717) is 12.5 Å². The first-order valence-corrected chi connectivity index (χ1v) is 8.91. The highest BCUT2D eigenvalue weighted by atomic mass is 19.1. The van der Waals surface area contributed by atoms with E-state index in [1.807, 2.05) is 0 Å². The van der Waals surface area contributed by atoms with Gasteiger partial charge in [-0.25, -0.2) is 14.4 Å². The van der Waals surface area contributed by atoms with Crippen LogP contribution in [0.3, 0.4) is 0 Å². The van der Waals surface area contributed by atoms with E-state index in [1.165, 1.54) is 12.1 Å². The monoisotopic (exact) mass is 352 g/mol. The topological polar surface area (TPSA) is 71.8 Å². The molecule has 1 aliphatic heterocycles. The number of nitriles is 1. The zero-order valence-corrected chi connectivity index (χ0v) is 14.7. The lowest BCUT2D eigenvalue weighted by Crippen LogP contribution is -2.47. The van der Waals surface area contributed by atoms with Crippen molar-refractivity contribution in [3.05, 3.63) is 30.3 Å². The Kier molecular flexibility index (Phi) is 4.43. The molecule has 1 fully saturated rings. The van der Waals surface area contributed by atoms with E-state index in [-0.39, 0.29) is 5.82 Å². The van der Waals surface area contributed by atoms with Crippen LogP contribution in [-0.4, -0.2) is 52.6 Å². The van der Waals surface area contributed by atoms with Crippen molar-refractivity contribution in [3.8, 4) is 6.07 Å². The summed E-state index contributed by atoms with van der Waals surface area (Å²) in [6.45, 7) is 2.77. The number of likely N-dealkylation sites (N-methyl/N-ethyl adjacent to an activating group) is 1.